The number of aryl methyl sites for hydroxylation is 2. The van der Waals surface area contributed by atoms with Crippen molar-refractivity contribution >= 4 is 22.7 Å². The molecule has 0 saturated heterocycles. The van der Waals surface area contributed by atoms with Gasteiger partial charge in [0, 0.05) is 16.8 Å². The predicted octanol–water partition coefficient (Wildman–Crippen LogP) is 6.49. The zero-order chi connectivity index (χ0) is 20.5. The minimum atomic E-state index is -0.135. The number of oxazole rings is 1. The Bertz CT molecular complexity index is 1170. The summed E-state index contributed by atoms with van der Waals surface area (Å²) in [6.07, 6.45) is 0. The summed E-state index contributed by atoms with van der Waals surface area (Å²) >= 11 is 0. The van der Waals surface area contributed by atoms with Crippen LogP contribution in [0.1, 0.15) is 46.8 Å². The first-order valence-corrected chi connectivity index (χ1v) is 9.79. The van der Waals surface area contributed by atoms with E-state index >= 15 is 0 Å². The van der Waals surface area contributed by atoms with Crippen LogP contribution in [0.2, 0.25) is 0 Å². The summed E-state index contributed by atoms with van der Waals surface area (Å²) in [5, 5.41) is 2.95. The highest BCUT2D eigenvalue weighted by Crippen LogP contribution is 2.27. The highest BCUT2D eigenvalue weighted by Gasteiger charge is 2.12. The van der Waals surface area contributed by atoms with Gasteiger partial charge in [-0.2, -0.15) is 0 Å². The second-order valence-electron chi connectivity index (χ2n) is 7.81. The topological polar surface area (TPSA) is 55.1 Å². The molecular formula is C25H24N2O2. The third-order valence-corrected chi connectivity index (χ3v) is 4.95. The van der Waals surface area contributed by atoms with Gasteiger partial charge in [0.25, 0.3) is 5.91 Å². The molecule has 0 aliphatic carbocycles. The van der Waals surface area contributed by atoms with Crippen LogP contribution in [0.4, 0.5) is 5.69 Å². The standard InChI is InChI=1S/C25H24N2O2/c1-15(2)18-5-7-19(8-6-18)25-27-22-14-21(9-10-23(22)29-25)26-24(28)20-12-16(3)11-17(4)13-20/h5-15H,1-4H3,(H,26,28). The molecule has 0 saturated carbocycles. The number of amides is 1. The smallest absolute Gasteiger partial charge is 0.255 e. The van der Waals surface area contributed by atoms with Crippen LogP contribution in [0.15, 0.2) is 65.1 Å². The van der Waals surface area contributed by atoms with E-state index in [9.17, 15) is 4.79 Å². The summed E-state index contributed by atoms with van der Waals surface area (Å²) in [5.41, 5.74) is 7.09. The molecule has 1 heterocycles. The molecule has 0 spiro atoms. The molecule has 1 amide bonds. The van der Waals surface area contributed by atoms with E-state index in [0.717, 1.165) is 16.7 Å². The molecule has 0 atom stereocenters. The molecule has 0 unspecified atom stereocenters. The highest BCUT2D eigenvalue weighted by molar-refractivity contribution is 6.05. The average molecular weight is 384 g/mol. The highest BCUT2D eigenvalue weighted by atomic mass is 16.3. The van der Waals surface area contributed by atoms with Gasteiger partial charge in [0.15, 0.2) is 5.58 Å². The maximum atomic E-state index is 12.6. The molecule has 4 aromatic rings. The number of hydrogen-bond acceptors (Lipinski definition) is 3. The van der Waals surface area contributed by atoms with E-state index in [0.29, 0.717) is 34.2 Å². The summed E-state index contributed by atoms with van der Waals surface area (Å²) in [6.45, 7) is 8.31. The normalized spacial score (nSPS) is 11.2. The number of nitrogens with one attached hydrogen (secondary N) is 1. The number of carbonyl (C=O) groups is 1. The maximum Gasteiger partial charge on any atom is 0.255 e. The lowest BCUT2D eigenvalue weighted by Crippen LogP contribution is -2.12. The molecule has 4 nitrogen and oxygen atoms in total. The predicted molar refractivity (Wildman–Crippen MR) is 117 cm³/mol. The van der Waals surface area contributed by atoms with E-state index in [4.69, 9.17) is 4.42 Å². The van der Waals surface area contributed by atoms with Crippen molar-refractivity contribution in [2.45, 2.75) is 33.6 Å². The Kier molecular flexibility index (Phi) is 4.93. The molecule has 3 aromatic carbocycles. The van der Waals surface area contributed by atoms with Gasteiger partial charge >= 0.3 is 0 Å². The zero-order valence-electron chi connectivity index (χ0n) is 17.1. The zero-order valence-corrected chi connectivity index (χ0v) is 17.1. The van der Waals surface area contributed by atoms with Crippen LogP contribution in [0.5, 0.6) is 0 Å². The van der Waals surface area contributed by atoms with Gasteiger partial charge in [0.05, 0.1) is 0 Å². The largest absolute Gasteiger partial charge is 0.436 e. The monoisotopic (exact) mass is 384 g/mol. The van der Waals surface area contributed by atoms with Crippen LogP contribution in [-0.2, 0) is 0 Å². The lowest BCUT2D eigenvalue weighted by Gasteiger charge is -2.07. The van der Waals surface area contributed by atoms with Crippen molar-refractivity contribution in [1.29, 1.82) is 0 Å². The Balaban J connectivity index is 1.59. The number of fused-ring (bicyclic) bond motifs is 1. The van der Waals surface area contributed by atoms with Crippen molar-refractivity contribution in [2.24, 2.45) is 0 Å². The minimum absolute atomic E-state index is 0.135. The van der Waals surface area contributed by atoms with E-state index in [-0.39, 0.29) is 5.91 Å². The molecule has 4 rings (SSSR count). The molecule has 146 valence electrons. The minimum Gasteiger partial charge on any atom is -0.436 e. The van der Waals surface area contributed by atoms with Gasteiger partial charge in [0.1, 0.15) is 5.52 Å². The van der Waals surface area contributed by atoms with Crippen LogP contribution < -0.4 is 5.32 Å². The van der Waals surface area contributed by atoms with Gasteiger partial charge < -0.3 is 9.73 Å². The van der Waals surface area contributed by atoms with Crippen LogP contribution in [-0.4, -0.2) is 10.9 Å². The summed E-state index contributed by atoms with van der Waals surface area (Å²) in [6, 6.07) is 19.6. The van der Waals surface area contributed by atoms with Crippen molar-refractivity contribution in [3.05, 3.63) is 82.9 Å². The molecule has 0 fully saturated rings. The first-order valence-electron chi connectivity index (χ1n) is 9.79. The first kappa shape index (κ1) is 18.9. The van der Waals surface area contributed by atoms with Crippen molar-refractivity contribution in [1.82, 2.24) is 4.98 Å². The quantitative estimate of drug-likeness (QED) is 0.438. The van der Waals surface area contributed by atoms with E-state index in [1.165, 1.54) is 5.56 Å². The number of rotatable bonds is 4. The number of hydrogen-bond donors (Lipinski definition) is 1. The third-order valence-electron chi connectivity index (χ3n) is 4.95. The van der Waals surface area contributed by atoms with Gasteiger partial charge in [-0.1, -0.05) is 43.2 Å². The second-order valence-corrected chi connectivity index (χ2v) is 7.81. The van der Waals surface area contributed by atoms with Crippen molar-refractivity contribution in [3.8, 4) is 11.5 Å². The Labute approximate surface area is 170 Å². The van der Waals surface area contributed by atoms with Gasteiger partial charge in [-0.05, 0) is 67.8 Å². The Hall–Kier alpha value is -3.40. The lowest BCUT2D eigenvalue weighted by atomic mass is 10.0. The van der Waals surface area contributed by atoms with E-state index < -0.39 is 0 Å². The molecule has 1 N–H and O–H groups in total. The Morgan fingerprint density at radius 2 is 1.62 bits per heavy atom. The van der Waals surface area contributed by atoms with Crippen LogP contribution in [0.3, 0.4) is 0 Å². The SMILES string of the molecule is Cc1cc(C)cc(C(=O)Nc2ccc3oc(-c4ccc(C(C)C)cc4)nc3c2)c1. The maximum absolute atomic E-state index is 12.6. The van der Waals surface area contributed by atoms with E-state index in [1.807, 2.05) is 62.4 Å². The number of benzene rings is 3. The molecule has 0 aliphatic rings. The number of aromatic nitrogens is 1. The summed E-state index contributed by atoms with van der Waals surface area (Å²) in [5.74, 6) is 0.924. The molecule has 0 bridgehead atoms. The summed E-state index contributed by atoms with van der Waals surface area (Å²) in [7, 11) is 0. The third kappa shape index (κ3) is 4.06. The number of carbonyl (C=O) groups excluding carboxylic acids is 1. The molecule has 4 heteroatoms. The molecule has 0 aliphatic heterocycles. The summed E-state index contributed by atoms with van der Waals surface area (Å²) < 4.78 is 5.91. The Morgan fingerprint density at radius 3 is 2.28 bits per heavy atom. The number of nitrogens with zero attached hydrogens (tertiary/aromatic N) is 1. The average Bonchev–Trinajstić information content (AvgIpc) is 3.10. The van der Waals surface area contributed by atoms with Crippen LogP contribution in [0, 0.1) is 13.8 Å². The van der Waals surface area contributed by atoms with E-state index in [2.05, 4.69) is 36.3 Å². The molecular weight excluding hydrogens is 360 g/mol. The van der Waals surface area contributed by atoms with Crippen molar-refractivity contribution < 1.29 is 9.21 Å². The molecule has 0 radical (unpaired) electrons. The molecule has 1 aromatic heterocycles. The lowest BCUT2D eigenvalue weighted by molar-refractivity contribution is 0.102. The van der Waals surface area contributed by atoms with Gasteiger partial charge in [0.2, 0.25) is 5.89 Å². The van der Waals surface area contributed by atoms with Crippen molar-refractivity contribution in [3.63, 3.8) is 0 Å². The van der Waals surface area contributed by atoms with Gasteiger partial charge in [-0.15, -0.1) is 0 Å². The molecule has 29 heavy (non-hydrogen) atoms. The van der Waals surface area contributed by atoms with Gasteiger partial charge in [-0.25, -0.2) is 4.98 Å². The van der Waals surface area contributed by atoms with E-state index in [1.54, 1.807) is 0 Å². The summed E-state index contributed by atoms with van der Waals surface area (Å²) in [4.78, 5) is 17.2. The number of anilines is 1. The second kappa shape index (κ2) is 7.55. The van der Waals surface area contributed by atoms with Crippen LogP contribution in [0.25, 0.3) is 22.6 Å². The Morgan fingerprint density at radius 1 is 0.931 bits per heavy atom. The van der Waals surface area contributed by atoms with Gasteiger partial charge in [-0.3, -0.25) is 4.79 Å². The fourth-order valence-electron chi connectivity index (χ4n) is 3.45. The fraction of sp³-hybridized carbons (Fsp3) is 0.200. The van der Waals surface area contributed by atoms with Crippen LogP contribution >= 0.6 is 0 Å². The fourth-order valence-corrected chi connectivity index (χ4v) is 3.45. The van der Waals surface area contributed by atoms with Crippen molar-refractivity contribution in [2.75, 3.05) is 5.32 Å². The first-order chi connectivity index (χ1) is 13.9.